The van der Waals surface area contributed by atoms with Crippen LogP contribution < -0.4 is 0 Å². The highest BCUT2D eigenvalue weighted by atomic mass is 16.4. The Kier molecular flexibility index (Phi) is 9.08. The number of aliphatic carboxylic acids is 2. The van der Waals surface area contributed by atoms with E-state index in [0.717, 1.165) is 32.6 Å². The topological polar surface area (TPSA) is 81.1 Å². The molecular weight excluding hydrogens is 368 g/mol. The van der Waals surface area contributed by atoms with E-state index in [0.29, 0.717) is 18.2 Å². The quantitative estimate of drug-likeness (QED) is 0.731. The fourth-order valence-corrected chi connectivity index (χ4v) is 3.25. The molecule has 3 rings (SSSR count). The van der Waals surface area contributed by atoms with Crippen molar-refractivity contribution in [1.29, 1.82) is 0 Å². The molecule has 29 heavy (non-hydrogen) atoms. The van der Waals surface area contributed by atoms with E-state index in [1.165, 1.54) is 11.1 Å². The van der Waals surface area contributed by atoms with Crippen LogP contribution in [0.2, 0.25) is 0 Å². The van der Waals surface area contributed by atoms with E-state index in [1.807, 2.05) is 0 Å². The molecule has 0 aliphatic carbocycles. The van der Waals surface area contributed by atoms with E-state index < -0.39 is 11.9 Å². The zero-order valence-corrected chi connectivity index (χ0v) is 16.6. The summed E-state index contributed by atoms with van der Waals surface area (Å²) in [6.07, 6.45) is 2.21. The smallest absolute Gasteiger partial charge is 0.328 e. The molecule has 2 N–H and O–H groups in total. The summed E-state index contributed by atoms with van der Waals surface area (Å²) in [6.45, 7) is 4.64. The highest BCUT2D eigenvalue weighted by Crippen LogP contribution is 2.26. The second kappa shape index (κ2) is 11.8. The lowest BCUT2D eigenvalue weighted by atomic mass is 9.97. The van der Waals surface area contributed by atoms with Gasteiger partial charge in [-0.05, 0) is 24.6 Å². The molecule has 1 atom stereocenters. The molecule has 2 aromatic rings. The molecule has 1 aliphatic heterocycles. The third-order valence-corrected chi connectivity index (χ3v) is 4.80. The normalized spacial score (nSPS) is 16.0. The van der Waals surface area contributed by atoms with Crippen LogP contribution in [0.3, 0.4) is 0 Å². The largest absolute Gasteiger partial charge is 0.478 e. The molecule has 6 heteroatoms. The zero-order chi connectivity index (χ0) is 21.1. The van der Waals surface area contributed by atoms with E-state index in [2.05, 4.69) is 77.5 Å². The van der Waals surface area contributed by atoms with Gasteiger partial charge in [-0.3, -0.25) is 4.90 Å². The SMILES string of the molecule is CN1CCN(C(Cc2ccccc2)c2ccccc2)CC1.O=C(O)/C=C\C(=O)O. The molecule has 0 bridgehead atoms. The van der Waals surface area contributed by atoms with Crippen molar-refractivity contribution in [3.05, 3.63) is 83.9 Å². The number of carboxylic acid groups (broad SMARTS) is 2. The first kappa shape index (κ1) is 22.3. The van der Waals surface area contributed by atoms with E-state index >= 15 is 0 Å². The van der Waals surface area contributed by atoms with Gasteiger partial charge < -0.3 is 15.1 Å². The molecule has 0 spiro atoms. The Morgan fingerprint density at radius 1 is 0.862 bits per heavy atom. The molecule has 1 heterocycles. The molecule has 1 aliphatic rings. The Balaban J connectivity index is 0.000000321. The lowest BCUT2D eigenvalue weighted by Gasteiger charge is -2.38. The highest BCUT2D eigenvalue weighted by Gasteiger charge is 2.23. The molecule has 154 valence electrons. The third kappa shape index (κ3) is 8.29. The Bertz CT molecular complexity index is 769. The van der Waals surface area contributed by atoms with Crippen molar-refractivity contribution < 1.29 is 19.8 Å². The maximum Gasteiger partial charge on any atom is 0.328 e. The fraction of sp³-hybridized carbons (Fsp3) is 0.304. The predicted molar refractivity (Wildman–Crippen MR) is 113 cm³/mol. The maximum atomic E-state index is 9.55. The number of rotatable bonds is 6. The summed E-state index contributed by atoms with van der Waals surface area (Å²) >= 11 is 0. The molecule has 0 amide bonds. The van der Waals surface area contributed by atoms with Crippen LogP contribution in [-0.2, 0) is 16.0 Å². The third-order valence-electron chi connectivity index (χ3n) is 4.80. The fourth-order valence-electron chi connectivity index (χ4n) is 3.25. The lowest BCUT2D eigenvalue weighted by Crippen LogP contribution is -2.46. The van der Waals surface area contributed by atoms with E-state index in [-0.39, 0.29) is 0 Å². The molecule has 1 fully saturated rings. The molecule has 6 nitrogen and oxygen atoms in total. The van der Waals surface area contributed by atoms with Crippen LogP contribution in [0, 0.1) is 0 Å². The molecule has 1 unspecified atom stereocenters. The van der Waals surface area contributed by atoms with Gasteiger partial charge in [-0.25, -0.2) is 9.59 Å². The van der Waals surface area contributed by atoms with Crippen LogP contribution in [0.5, 0.6) is 0 Å². The Morgan fingerprint density at radius 3 is 1.83 bits per heavy atom. The molecule has 0 saturated carbocycles. The Labute approximate surface area is 171 Å². The summed E-state index contributed by atoms with van der Waals surface area (Å²) in [5.41, 5.74) is 2.86. The number of hydrogen-bond acceptors (Lipinski definition) is 4. The molecule has 2 aromatic carbocycles. The van der Waals surface area contributed by atoms with Crippen molar-refractivity contribution in [1.82, 2.24) is 9.80 Å². The van der Waals surface area contributed by atoms with Crippen molar-refractivity contribution >= 4 is 11.9 Å². The first-order chi connectivity index (χ1) is 14.0. The van der Waals surface area contributed by atoms with Gasteiger partial charge in [0.15, 0.2) is 0 Å². The van der Waals surface area contributed by atoms with Gasteiger partial charge >= 0.3 is 11.9 Å². The summed E-state index contributed by atoms with van der Waals surface area (Å²) < 4.78 is 0. The summed E-state index contributed by atoms with van der Waals surface area (Å²) in [5, 5.41) is 15.6. The maximum absolute atomic E-state index is 9.55. The minimum absolute atomic E-state index is 0.488. The van der Waals surface area contributed by atoms with Gasteiger partial charge in [0.1, 0.15) is 0 Å². The van der Waals surface area contributed by atoms with E-state index in [1.54, 1.807) is 0 Å². The van der Waals surface area contributed by atoms with Crippen LogP contribution in [0.25, 0.3) is 0 Å². The minimum Gasteiger partial charge on any atom is -0.478 e. The molecule has 1 saturated heterocycles. The van der Waals surface area contributed by atoms with E-state index in [4.69, 9.17) is 10.2 Å². The minimum atomic E-state index is -1.26. The second-order valence-corrected chi connectivity index (χ2v) is 6.97. The number of benzene rings is 2. The van der Waals surface area contributed by atoms with Crippen molar-refractivity contribution in [2.45, 2.75) is 12.5 Å². The summed E-state index contributed by atoms with van der Waals surface area (Å²) in [7, 11) is 2.21. The van der Waals surface area contributed by atoms with Gasteiger partial charge in [-0.2, -0.15) is 0 Å². The Morgan fingerprint density at radius 2 is 1.34 bits per heavy atom. The van der Waals surface area contributed by atoms with Gasteiger partial charge in [0.05, 0.1) is 0 Å². The second-order valence-electron chi connectivity index (χ2n) is 6.97. The molecule has 0 radical (unpaired) electrons. The van der Waals surface area contributed by atoms with Gasteiger partial charge in [0, 0.05) is 44.4 Å². The van der Waals surface area contributed by atoms with Crippen LogP contribution in [0.4, 0.5) is 0 Å². The van der Waals surface area contributed by atoms with Gasteiger partial charge in [-0.1, -0.05) is 60.7 Å². The van der Waals surface area contributed by atoms with Crippen LogP contribution in [-0.4, -0.2) is 65.2 Å². The molecular formula is C23H28N2O4. The van der Waals surface area contributed by atoms with E-state index in [9.17, 15) is 9.59 Å². The first-order valence-corrected chi connectivity index (χ1v) is 9.61. The van der Waals surface area contributed by atoms with Crippen LogP contribution in [0.1, 0.15) is 17.2 Å². The van der Waals surface area contributed by atoms with Crippen molar-refractivity contribution in [3.63, 3.8) is 0 Å². The highest BCUT2D eigenvalue weighted by molar-refractivity contribution is 5.89. The summed E-state index contributed by atoms with van der Waals surface area (Å²) in [5.74, 6) is -2.51. The van der Waals surface area contributed by atoms with Gasteiger partial charge in [-0.15, -0.1) is 0 Å². The number of carboxylic acids is 2. The number of nitrogens with zero attached hydrogens (tertiary/aromatic N) is 2. The predicted octanol–water partition coefficient (Wildman–Crippen LogP) is 2.93. The summed E-state index contributed by atoms with van der Waals surface area (Å²) in [6, 6.07) is 22.3. The number of likely N-dealkylation sites (N-methyl/N-ethyl adjacent to an activating group) is 1. The molecule has 0 aromatic heterocycles. The van der Waals surface area contributed by atoms with Crippen molar-refractivity contribution in [2.24, 2.45) is 0 Å². The zero-order valence-electron chi connectivity index (χ0n) is 16.6. The van der Waals surface area contributed by atoms with Gasteiger partial charge in [0.25, 0.3) is 0 Å². The lowest BCUT2D eigenvalue weighted by molar-refractivity contribution is -0.134. The van der Waals surface area contributed by atoms with Gasteiger partial charge in [0.2, 0.25) is 0 Å². The standard InChI is InChI=1S/C19H24N2.C4H4O4/c1-20-12-14-21(15-13-20)19(18-10-6-3-7-11-18)16-17-8-4-2-5-9-17;5-3(6)1-2-4(7)8/h2-11,19H,12-16H2,1H3;1-2H,(H,5,6)(H,7,8)/b;2-1-. The number of piperazine rings is 1. The van der Waals surface area contributed by atoms with Crippen LogP contribution in [0.15, 0.2) is 72.8 Å². The van der Waals surface area contributed by atoms with Crippen molar-refractivity contribution in [2.75, 3.05) is 33.2 Å². The number of hydrogen-bond donors (Lipinski definition) is 2. The van der Waals surface area contributed by atoms with Crippen molar-refractivity contribution in [3.8, 4) is 0 Å². The average molecular weight is 396 g/mol. The summed E-state index contributed by atoms with van der Waals surface area (Å²) in [4.78, 5) is 24.2. The Hall–Kier alpha value is -2.96. The van der Waals surface area contributed by atoms with Crippen LogP contribution >= 0.6 is 0 Å². The first-order valence-electron chi connectivity index (χ1n) is 9.61. The average Bonchev–Trinajstić information content (AvgIpc) is 2.73. The monoisotopic (exact) mass is 396 g/mol. The number of carbonyl (C=O) groups is 2.